The van der Waals surface area contributed by atoms with E-state index in [1.54, 1.807) is 11.1 Å². The molecule has 2 amide bonds. The van der Waals surface area contributed by atoms with Gasteiger partial charge in [-0.3, -0.25) is 4.98 Å². The van der Waals surface area contributed by atoms with E-state index in [0.29, 0.717) is 6.54 Å². The van der Waals surface area contributed by atoms with Gasteiger partial charge in [0.25, 0.3) is 0 Å². The molecule has 0 aliphatic carbocycles. The molecule has 0 bridgehead atoms. The molecule has 2 atom stereocenters. The Morgan fingerprint density at radius 3 is 2.72 bits per heavy atom. The maximum Gasteiger partial charge on any atom is 0.318 e. The number of aromatic nitrogens is 1. The van der Waals surface area contributed by atoms with Gasteiger partial charge in [0.2, 0.25) is 0 Å². The van der Waals surface area contributed by atoms with Crippen LogP contribution >= 0.6 is 0 Å². The molecule has 25 heavy (non-hydrogen) atoms. The van der Waals surface area contributed by atoms with Gasteiger partial charge in [0.05, 0.1) is 24.4 Å². The van der Waals surface area contributed by atoms with Crippen molar-refractivity contribution in [3.8, 4) is 0 Å². The zero-order valence-electron chi connectivity index (χ0n) is 14.7. The molecule has 0 saturated heterocycles. The molecule has 0 unspecified atom stereocenters. The van der Waals surface area contributed by atoms with Crippen molar-refractivity contribution in [1.29, 1.82) is 0 Å². The average Bonchev–Trinajstić information content (AvgIpc) is 2.65. The van der Waals surface area contributed by atoms with Crippen LogP contribution in [0.3, 0.4) is 0 Å². The van der Waals surface area contributed by atoms with E-state index in [0.717, 1.165) is 17.7 Å². The van der Waals surface area contributed by atoms with Crippen LogP contribution in [0.2, 0.25) is 0 Å². The minimum absolute atomic E-state index is 0.0830. The Balaban J connectivity index is 1.80. The predicted molar refractivity (Wildman–Crippen MR) is 97.0 cm³/mol. The lowest BCUT2D eigenvalue weighted by atomic mass is 9.93. The lowest BCUT2D eigenvalue weighted by Gasteiger charge is -2.37. The highest BCUT2D eigenvalue weighted by molar-refractivity contribution is 5.76. The number of aliphatic hydroxyl groups is 1. The molecule has 3 rings (SSSR count). The number of carbonyl (C=O) groups excluding carboxylic acids is 1. The van der Waals surface area contributed by atoms with Crippen molar-refractivity contribution in [3.63, 3.8) is 0 Å². The first-order chi connectivity index (χ1) is 12.1. The monoisotopic (exact) mass is 339 g/mol. The topological polar surface area (TPSA) is 65.5 Å². The molecule has 1 aliphatic rings. The van der Waals surface area contributed by atoms with Gasteiger partial charge in [-0.2, -0.15) is 0 Å². The van der Waals surface area contributed by atoms with Gasteiger partial charge in [-0.15, -0.1) is 0 Å². The normalized spacial score (nSPS) is 17.9. The van der Waals surface area contributed by atoms with Crippen molar-refractivity contribution in [2.75, 3.05) is 13.2 Å². The number of hydrogen-bond donors (Lipinski definition) is 2. The van der Waals surface area contributed by atoms with Crippen LogP contribution in [0, 0.1) is 5.92 Å². The lowest BCUT2D eigenvalue weighted by Crippen LogP contribution is -2.48. The minimum atomic E-state index is -0.304. The summed E-state index contributed by atoms with van der Waals surface area (Å²) in [6.07, 6.45) is 2.54. The van der Waals surface area contributed by atoms with Crippen molar-refractivity contribution in [2.24, 2.45) is 5.92 Å². The summed E-state index contributed by atoms with van der Waals surface area (Å²) < 4.78 is 0. The van der Waals surface area contributed by atoms with Gasteiger partial charge in [-0.25, -0.2) is 4.79 Å². The molecule has 0 spiro atoms. The first-order valence-electron chi connectivity index (χ1n) is 8.78. The molecule has 0 radical (unpaired) electrons. The maximum atomic E-state index is 12.9. The van der Waals surface area contributed by atoms with Crippen molar-refractivity contribution in [2.45, 2.75) is 32.4 Å². The van der Waals surface area contributed by atoms with Crippen molar-refractivity contribution < 1.29 is 9.90 Å². The second-order valence-corrected chi connectivity index (χ2v) is 6.77. The van der Waals surface area contributed by atoms with Crippen LogP contribution in [0.4, 0.5) is 4.79 Å². The number of nitrogens with zero attached hydrogens (tertiary/aromatic N) is 2. The number of amides is 2. The van der Waals surface area contributed by atoms with Gasteiger partial charge in [-0.05, 0) is 35.6 Å². The number of rotatable bonds is 4. The molecule has 1 aliphatic heterocycles. The molecule has 1 aromatic heterocycles. The van der Waals surface area contributed by atoms with E-state index in [4.69, 9.17) is 0 Å². The lowest BCUT2D eigenvalue weighted by molar-refractivity contribution is 0.123. The summed E-state index contributed by atoms with van der Waals surface area (Å²) in [5, 5.41) is 13.0. The summed E-state index contributed by atoms with van der Waals surface area (Å²) in [6.45, 7) is 4.64. The summed E-state index contributed by atoms with van der Waals surface area (Å²) in [7, 11) is 0. The van der Waals surface area contributed by atoms with Crippen LogP contribution in [-0.2, 0) is 6.42 Å². The fourth-order valence-corrected chi connectivity index (χ4v) is 3.45. The van der Waals surface area contributed by atoms with Gasteiger partial charge in [-0.1, -0.05) is 44.2 Å². The first kappa shape index (κ1) is 17.4. The summed E-state index contributed by atoms with van der Waals surface area (Å²) in [4.78, 5) is 19.1. The number of aliphatic hydroxyl groups excluding tert-OH is 1. The zero-order valence-corrected chi connectivity index (χ0v) is 14.7. The average molecular weight is 339 g/mol. The summed E-state index contributed by atoms with van der Waals surface area (Å²) in [6, 6.07) is 13.1. The predicted octanol–water partition coefficient (Wildman–Crippen LogP) is 3.08. The number of hydrogen-bond acceptors (Lipinski definition) is 3. The quantitative estimate of drug-likeness (QED) is 0.900. The van der Waals surface area contributed by atoms with Gasteiger partial charge < -0.3 is 15.3 Å². The third kappa shape index (κ3) is 3.66. The van der Waals surface area contributed by atoms with Crippen LogP contribution in [0.1, 0.15) is 42.8 Å². The van der Waals surface area contributed by atoms with Crippen LogP contribution in [0.25, 0.3) is 0 Å². The van der Waals surface area contributed by atoms with Gasteiger partial charge in [0.15, 0.2) is 0 Å². The molecule has 1 aromatic carbocycles. The zero-order chi connectivity index (χ0) is 17.8. The van der Waals surface area contributed by atoms with Crippen LogP contribution in [-0.4, -0.2) is 34.2 Å². The summed E-state index contributed by atoms with van der Waals surface area (Å²) in [5.41, 5.74) is 3.09. The van der Waals surface area contributed by atoms with Gasteiger partial charge in [0.1, 0.15) is 0 Å². The molecular weight excluding hydrogens is 314 g/mol. The highest BCUT2D eigenvalue weighted by Crippen LogP contribution is 2.30. The third-order valence-corrected chi connectivity index (χ3v) is 4.80. The Bertz CT molecular complexity index is 718. The molecule has 2 heterocycles. The van der Waals surface area contributed by atoms with E-state index in [1.807, 2.05) is 36.4 Å². The Hall–Kier alpha value is -2.40. The molecule has 0 saturated carbocycles. The Morgan fingerprint density at radius 2 is 2.04 bits per heavy atom. The van der Waals surface area contributed by atoms with E-state index in [9.17, 15) is 9.90 Å². The number of carbonyl (C=O) groups is 1. The molecule has 5 nitrogen and oxygen atoms in total. The third-order valence-electron chi connectivity index (χ3n) is 4.80. The first-order valence-corrected chi connectivity index (χ1v) is 8.78. The van der Waals surface area contributed by atoms with Gasteiger partial charge >= 0.3 is 6.03 Å². The smallest absolute Gasteiger partial charge is 0.318 e. The van der Waals surface area contributed by atoms with E-state index in [1.165, 1.54) is 5.56 Å². The highest BCUT2D eigenvalue weighted by Gasteiger charge is 2.32. The van der Waals surface area contributed by atoms with Crippen LogP contribution in [0.5, 0.6) is 0 Å². The second-order valence-electron chi connectivity index (χ2n) is 6.77. The fraction of sp³-hybridized carbons (Fsp3) is 0.400. The van der Waals surface area contributed by atoms with Gasteiger partial charge in [0, 0.05) is 12.7 Å². The molecule has 5 heteroatoms. The van der Waals surface area contributed by atoms with Crippen molar-refractivity contribution in [1.82, 2.24) is 15.2 Å². The Kier molecular flexibility index (Phi) is 5.34. The summed E-state index contributed by atoms with van der Waals surface area (Å²) >= 11 is 0. The number of nitrogens with one attached hydrogen (secondary N) is 1. The molecular formula is C20H25N3O2. The number of pyridine rings is 1. The molecule has 2 N–H and O–H groups in total. The van der Waals surface area contributed by atoms with Crippen molar-refractivity contribution in [3.05, 3.63) is 65.5 Å². The van der Waals surface area contributed by atoms with E-state index in [-0.39, 0.29) is 30.6 Å². The van der Waals surface area contributed by atoms with Crippen molar-refractivity contribution >= 4 is 6.03 Å². The number of benzene rings is 1. The highest BCUT2D eigenvalue weighted by atomic mass is 16.3. The second kappa shape index (κ2) is 7.66. The van der Waals surface area contributed by atoms with Crippen LogP contribution < -0.4 is 5.32 Å². The molecule has 2 aromatic rings. The largest absolute Gasteiger partial charge is 0.394 e. The summed E-state index contributed by atoms with van der Waals surface area (Å²) in [5.74, 6) is 0.212. The SMILES string of the molecule is CC(C)[C@H](NC(=O)N1CCc2ccccc2[C@H]1CO)c1ccccn1. The fourth-order valence-electron chi connectivity index (χ4n) is 3.45. The molecule has 0 fully saturated rings. The maximum absolute atomic E-state index is 12.9. The van der Waals surface area contributed by atoms with Crippen LogP contribution in [0.15, 0.2) is 48.7 Å². The standard InChI is InChI=1S/C20H25N3O2/c1-14(2)19(17-9-5-6-11-21-17)22-20(25)23-12-10-15-7-3-4-8-16(15)18(23)13-24/h3-9,11,14,18-19,24H,10,12-13H2,1-2H3,(H,22,25)/t18-,19+/m1/s1. The minimum Gasteiger partial charge on any atom is -0.394 e. The van der Waals surface area contributed by atoms with E-state index in [2.05, 4.69) is 30.2 Å². The molecule has 132 valence electrons. The number of fused-ring (bicyclic) bond motifs is 1. The van der Waals surface area contributed by atoms with E-state index >= 15 is 0 Å². The Morgan fingerprint density at radius 1 is 1.28 bits per heavy atom. The van der Waals surface area contributed by atoms with E-state index < -0.39 is 0 Å². The Labute approximate surface area is 148 Å². The number of urea groups is 1.